The second-order valence-electron chi connectivity index (χ2n) is 3.38. The van der Waals surface area contributed by atoms with Crippen molar-refractivity contribution in [3.8, 4) is 0 Å². The maximum atomic E-state index is 13.1. The number of amides is 1. The third-order valence-electron chi connectivity index (χ3n) is 2.04. The first-order valence-corrected chi connectivity index (χ1v) is 4.94. The molecule has 16 heavy (non-hydrogen) atoms. The molecule has 0 bridgehead atoms. The summed E-state index contributed by atoms with van der Waals surface area (Å²) >= 11 is 0. The average molecular weight is 231 g/mol. The lowest BCUT2D eigenvalue weighted by Gasteiger charge is -2.06. The van der Waals surface area contributed by atoms with E-state index in [-0.39, 0.29) is 18.0 Å². The summed E-state index contributed by atoms with van der Waals surface area (Å²) in [7, 11) is 0. The van der Waals surface area contributed by atoms with Crippen LogP contribution in [0.25, 0.3) is 0 Å². The molecule has 1 aromatic rings. The molecule has 88 valence electrons. The molecule has 0 unspecified atom stereocenters. The largest absolute Gasteiger partial charge is 0.352 e. The number of rotatable bonds is 4. The highest BCUT2D eigenvalue weighted by Crippen LogP contribution is 2.13. The Morgan fingerprint density at radius 2 is 1.81 bits per heavy atom. The Morgan fingerprint density at radius 1 is 1.19 bits per heavy atom. The first-order chi connectivity index (χ1) is 7.54. The fourth-order valence-corrected chi connectivity index (χ4v) is 1.21. The minimum atomic E-state index is -1.24. The summed E-state index contributed by atoms with van der Waals surface area (Å²) in [5, 5.41) is 2.42. The zero-order valence-corrected chi connectivity index (χ0v) is 8.82. The smallest absolute Gasteiger partial charge is 0.220 e. The van der Waals surface area contributed by atoms with Gasteiger partial charge in [-0.3, -0.25) is 4.79 Å². The standard InChI is InChI=1S/C11H12F3NO/c1-2-3-11(16)15-6-7-4-9(13)10(14)5-8(7)12/h4-5H,2-3,6H2,1H3,(H,15,16). The van der Waals surface area contributed by atoms with Crippen LogP contribution in [0.1, 0.15) is 25.3 Å². The molecule has 5 heteroatoms. The van der Waals surface area contributed by atoms with Crippen LogP contribution >= 0.6 is 0 Å². The number of nitrogens with one attached hydrogen (secondary N) is 1. The van der Waals surface area contributed by atoms with Crippen LogP contribution in [0.4, 0.5) is 13.2 Å². The predicted molar refractivity (Wildman–Crippen MR) is 53.1 cm³/mol. The molecule has 0 heterocycles. The van der Waals surface area contributed by atoms with Crippen molar-refractivity contribution in [3.63, 3.8) is 0 Å². The van der Waals surface area contributed by atoms with Gasteiger partial charge in [0.25, 0.3) is 0 Å². The molecule has 1 rings (SSSR count). The van der Waals surface area contributed by atoms with E-state index in [1.807, 2.05) is 6.92 Å². The van der Waals surface area contributed by atoms with Gasteiger partial charge in [-0.05, 0) is 12.5 Å². The molecule has 0 aromatic heterocycles. The van der Waals surface area contributed by atoms with Crippen molar-refractivity contribution in [2.75, 3.05) is 0 Å². The van der Waals surface area contributed by atoms with Crippen LogP contribution in [0.15, 0.2) is 12.1 Å². The molecular formula is C11H12F3NO. The summed E-state index contributed by atoms with van der Waals surface area (Å²) in [4.78, 5) is 11.1. The third-order valence-corrected chi connectivity index (χ3v) is 2.04. The molecule has 1 amide bonds. The summed E-state index contributed by atoms with van der Waals surface area (Å²) < 4.78 is 38.5. The van der Waals surface area contributed by atoms with Crippen molar-refractivity contribution in [2.45, 2.75) is 26.3 Å². The van der Waals surface area contributed by atoms with E-state index in [1.165, 1.54) is 0 Å². The Balaban J connectivity index is 2.67. The minimum absolute atomic E-state index is 0.0663. The SMILES string of the molecule is CCCC(=O)NCc1cc(F)c(F)cc1F. The highest BCUT2D eigenvalue weighted by atomic mass is 19.2. The number of carbonyl (C=O) groups is 1. The van der Waals surface area contributed by atoms with Gasteiger partial charge in [-0.2, -0.15) is 0 Å². The van der Waals surface area contributed by atoms with Gasteiger partial charge in [0.15, 0.2) is 11.6 Å². The summed E-state index contributed by atoms with van der Waals surface area (Å²) in [6, 6.07) is 1.22. The molecule has 1 N–H and O–H groups in total. The van der Waals surface area contributed by atoms with Gasteiger partial charge >= 0.3 is 0 Å². The average Bonchev–Trinajstić information content (AvgIpc) is 2.22. The van der Waals surface area contributed by atoms with Gasteiger partial charge in [-0.15, -0.1) is 0 Å². The summed E-state index contributed by atoms with van der Waals surface area (Å²) in [5.74, 6) is -3.47. The Morgan fingerprint density at radius 3 is 2.44 bits per heavy atom. The third kappa shape index (κ3) is 3.25. The van der Waals surface area contributed by atoms with Gasteiger partial charge in [0.2, 0.25) is 5.91 Å². The maximum absolute atomic E-state index is 13.1. The number of hydrogen-bond acceptors (Lipinski definition) is 1. The molecular weight excluding hydrogens is 219 g/mol. The quantitative estimate of drug-likeness (QED) is 0.792. The first kappa shape index (κ1) is 12.5. The molecule has 2 nitrogen and oxygen atoms in total. The van der Waals surface area contributed by atoms with Gasteiger partial charge in [0.05, 0.1) is 0 Å². The molecule has 0 aliphatic carbocycles. The number of carbonyl (C=O) groups excluding carboxylic acids is 1. The zero-order chi connectivity index (χ0) is 12.1. The van der Waals surface area contributed by atoms with E-state index >= 15 is 0 Å². The van der Waals surface area contributed by atoms with Crippen LogP contribution in [0, 0.1) is 17.5 Å². The van der Waals surface area contributed by atoms with E-state index in [4.69, 9.17) is 0 Å². The molecule has 0 fully saturated rings. The van der Waals surface area contributed by atoms with Crippen LogP contribution in [0.2, 0.25) is 0 Å². The topological polar surface area (TPSA) is 29.1 Å². The Labute approximate surface area is 91.5 Å². The van der Waals surface area contributed by atoms with Crippen LogP contribution < -0.4 is 5.32 Å². The lowest BCUT2D eigenvalue weighted by molar-refractivity contribution is -0.121. The van der Waals surface area contributed by atoms with Crippen molar-refractivity contribution in [3.05, 3.63) is 35.1 Å². The van der Waals surface area contributed by atoms with E-state index in [1.54, 1.807) is 0 Å². The summed E-state index contributed by atoms with van der Waals surface area (Å²) in [6.07, 6.45) is 0.997. The molecule has 0 radical (unpaired) electrons. The molecule has 0 atom stereocenters. The molecule has 0 spiro atoms. The lowest BCUT2D eigenvalue weighted by atomic mass is 10.2. The van der Waals surface area contributed by atoms with Gasteiger partial charge in [0, 0.05) is 24.6 Å². The van der Waals surface area contributed by atoms with Crippen molar-refractivity contribution in [2.24, 2.45) is 0 Å². The van der Waals surface area contributed by atoms with Crippen LogP contribution in [-0.4, -0.2) is 5.91 Å². The number of halogens is 3. The Kier molecular flexibility index (Phi) is 4.34. The zero-order valence-electron chi connectivity index (χ0n) is 8.82. The first-order valence-electron chi connectivity index (χ1n) is 4.94. The maximum Gasteiger partial charge on any atom is 0.220 e. The van der Waals surface area contributed by atoms with Crippen molar-refractivity contribution in [1.82, 2.24) is 5.32 Å². The molecule has 0 saturated carbocycles. The predicted octanol–water partition coefficient (Wildman–Crippen LogP) is 2.52. The highest BCUT2D eigenvalue weighted by molar-refractivity contribution is 5.75. The highest BCUT2D eigenvalue weighted by Gasteiger charge is 2.10. The van der Waals surface area contributed by atoms with Crippen LogP contribution in [-0.2, 0) is 11.3 Å². The van der Waals surface area contributed by atoms with Gasteiger partial charge in [0.1, 0.15) is 5.82 Å². The van der Waals surface area contributed by atoms with Crippen molar-refractivity contribution in [1.29, 1.82) is 0 Å². The van der Waals surface area contributed by atoms with E-state index in [0.717, 1.165) is 6.07 Å². The van der Waals surface area contributed by atoms with E-state index in [2.05, 4.69) is 5.32 Å². The van der Waals surface area contributed by atoms with Gasteiger partial charge in [-0.25, -0.2) is 13.2 Å². The van der Waals surface area contributed by atoms with Gasteiger partial charge < -0.3 is 5.32 Å². The van der Waals surface area contributed by atoms with Crippen molar-refractivity contribution >= 4 is 5.91 Å². The normalized spacial score (nSPS) is 10.2. The number of hydrogen-bond donors (Lipinski definition) is 1. The second kappa shape index (κ2) is 5.53. The fourth-order valence-electron chi connectivity index (χ4n) is 1.21. The summed E-state index contributed by atoms with van der Waals surface area (Å²) in [5.41, 5.74) is -0.0663. The number of benzene rings is 1. The van der Waals surface area contributed by atoms with Crippen LogP contribution in [0.3, 0.4) is 0 Å². The monoisotopic (exact) mass is 231 g/mol. The van der Waals surface area contributed by atoms with Crippen LogP contribution in [0.5, 0.6) is 0 Å². The Bertz CT molecular complexity index is 393. The molecule has 0 saturated heterocycles. The fraction of sp³-hybridized carbons (Fsp3) is 0.364. The van der Waals surface area contributed by atoms with E-state index < -0.39 is 17.5 Å². The van der Waals surface area contributed by atoms with Gasteiger partial charge in [-0.1, -0.05) is 6.92 Å². The summed E-state index contributed by atoms with van der Waals surface area (Å²) in [6.45, 7) is 1.69. The molecule has 0 aliphatic heterocycles. The van der Waals surface area contributed by atoms with Crippen molar-refractivity contribution < 1.29 is 18.0 Å². The lowest BCUT2D eigenvalue weighted by Crippen LogP contribution is -2.22. The van der Waals surface area contributed by atoms with E-state index in [0.29, 0.717) is 18.9 Å². The van der Waals surface area contributed by atoms with E-state index in [9.17, 15) is 18.0 Å². The molecule has 1 aromatic carbocycles. The minimum Gasteiger partial charge on any atom is -0.352 e. The molecule has 0 aliphatic rings. The second-order valence-corrected chi connectivity index (χ2v) is 3.38. The Hall–Kier alpha value is -1.52.